The van der Waals surface area contributed by atoms with Gasteiger partial charge in [-0.05, 0) is 19.4 Å². The number of hydrogen-bond donors (Lipinski definition) is 1. The molecule has 1 heterocycles. The zero-order chi connectivity index (χ0) is 11.3. The third kappa shape index (κ3) is 2.73. The molecule has 0 aliphatic carbocycles. The number of likely N-dealkylation sites (tertiary alicyclic amines) is 1. The Morgan fingerprint density at radius 3 is 2.93 bits per heavy atom. The molecule has 0 aromatic heterocycles. The van der Waals surface area contributed by atoms with Crippen LogP contribution < -0.4 is 5.32 Å². The molecule has 3 heteroatoms. The Morgan fingerprint density at radius 2 is 2.40 bits per heavy atom. The van der Waals surface area contributed by atoms with E-state index in [1.54, 1.807) is 0 Å². The molecular formula is C12H20N2O. The van der Waals surface area contributed by atoms with E-state index < -0.39 is 0 Å². The number of terminal acetylenes is 1. The van der Waals surface area contributed by atoms with Crippen LogP contribution >= 0.6 is 0 Å². The molecule has 2 unspecified atom stereocenters. The molecule has 1 N–H and O–H groups in total. The van der Waals surface area contributed by atoms with Crippen molar-refractivity contribution in [3.05, 3.63) is 0 Å². The predicted molar refractivity (Wildman–Crippen MR) is 61.3 cm³/mol. The zero-order valence-corrected chi connectivity index (χ0v) is 9.62. The van der Waals surface area contributed by atoms with Crippen molar-refractivity contribution in [3.63, 3.8) is 0 Å². The fourth-order valence-electron chi connectivity index (χ4n) is 2.05. The molecule has 3 nitrogen and oxygen atoms in total. The van der Waals surface area contributed by atoms with Gasteiger partial charge in [-0.1, -0.05) is 26.2 Å². The lowest BCUT2D eigenvalue weighted by molar-refractivity contribution is -0.130. The average Bonchev–Trinajstić information content (AvgIpc) is 2.58. The van der Waals surface area contributed by atoms with E-state index in [4.69, 9.17) is 6.42 Å². The zero-order valence-electron chi connectivity index (χ0n) is 9.62. The Bertz CT molecular complexity index is 257. The molecule has 1 saturated heterocycles. The van der Waals surface area contributed by atoms with Crippen molar-refractivity contribution >= 4 is 5.91 Å². The van der Waals surface area contributed by atoms with Gasteiger partial charge in [0, 0.05) is 6.54 Å². The van der Waals surface area contributed by atoms with E-state index in [2.05, 4.69) is 18.2 Å². The molecular weight excluding hydrogens is 188 g/mol. The van der Waals surface area contributed by atoms with E-state index in [-0.39, 0.29) is 18.0 Å². The van der Waals surface area contributed by atoms with E-state index in [1.165, 1.54) is 0 Å². The molecule has 0 radical (unpaired) electrons. The number of rotatable bonds is 5. The van der Waals surface area contributed by atoms with Gasteiger partial charge < -0.3 is 10.2 Å². The van der Waals surface area contributed by atoms with Crippen LogP contribution in [0.1, 0.15) is 33.1 Å². The maximum absolute atomic E-state index is 11.9. The van der Waals surface area contributed by atoms with Crippen LogP contribution in [-0.4, -0.2) is 36.0 Å². The third-order valence-corrected chi connectivity index (χ3v) is 2.82. The number of nitrogens with zero attached hydrogens (tertiary/aromatic N) is 1. The molecule has 0 spiro atoms. The lowest BCUT2D eigenvalue weighted by Gasteiger charge is -2.23. The van der Waals surface area contributed by atoms with Crippen molar-refractivity contribution in [1.82, 2.24) is 10.2 Å². The number of amides is 1. The fourth-order valence-corrected chi connectivity index (χ4v) is 2.05. The average molecular weight is 208 g/mol. The highest BCUT2D eigenvalue weighted by atomic mass is 16.2. The second-order valence-corrected chi connectivity index (χ2v) is 3.90. The standard InChI is InChI=1S/C12H20N2O/c1-4-7-10(5-2)14-9-8-11(12(14)15)13-6-3/h2,10-11,13H,4,6-9H2,1,3H3. The van der Waals surface area contributed by atoms with E-state index >= 15 is 0 Å². The quantitative estimate of drug-likeness (QED) is 0.684. The van der Waals surface area contributed by atoms with E-state index in [0.29, 0.717) is 0 Å². The van der Waals surface area contributed by atoms with Crippen LogP contribution in [0.5, 0.6) is 0 Å². The lowest BCUT2D eigenvalue weighted by Crippen LogP contribution is -2.42. The number of hydrogen-bond acceptors (Lipinski definition) is 2. The topological polar surface area (TPSA) is 32.3 Å². The first kappa shape index (κ1) is 12.1. The summed E-state index contributed by atoms with van der Waals surface area (Å²) in [5.74, 6) is 2.89. The molecule has 1 aliphatic heterocycles. The lowest BCUT2D eigenvalue weighted by atomic mass is 10.1. The molecule has 84 valence electrons. The Hall–Kier alpha value is -1.01. The smallest absolute Gasteiger partial charge is 0.240 e. The Morgan fingerprint density at radius 1 is 1.67 bits per heavy atom. The van der Waals surface area contributed by atoms with Crippen LogP contribution in [0.25, 0.3) is 0 Å². The van der Waals surface area contributed by atoms with Gasteiger partial charge in [-0.2, -0.15) is 0 Å². The fraction of sp³-hybridized carbons (Fsp3) is 0.750. The van der Waals surface area contributed by atoms with Crippen molar-refractivity contribution < 1.29 is 4.79 Å². The first-order chi connectivity index (χ1) is 7.24. The molecule has 0 aromatic carbocycles. The highest BCUT2D eigenvalue weighted by molar-refractivity contribution is 5.84. The molecule has 0 saturated carbocycles. The Labute approximate surface area is 92.2 Å². The summed E-state index contributed by atoms with van der Waals surface area (Å²) in [5, 5.41) is 3.19. The molecule has 2 atom stereocenters. The highest BCUT2D eigenvalue weighted by Gasteiger charge is 2.34. The van der Waals surface area contributed by atoms with Crippen LogP contribution in [0.3, 0.4) is 0 Å². The first-order valence-electron chi connectivity index (χ1n) is 5.74. The largest absolute Gasteiger partial charge is 0.327 e. The van der Waals surface area contributed by atoms with E-state index in [1.807, 2.05) is 11.8 Å². The molecule has 1 rings (SSSR count). The Kier molecular flexibility index (Phi) is 4.64. The summed E-state index contributed by atoms with van der Waals surface area (Å²) in [6.45, 7) is 5.73. The van der Waals surface area contributed by atoms with Crippen molar-refractivity contribution in [1.29, 1.82) is 0 Å². The van der Waals surface area contributed by atoms with Gasteiger partial charge in [0.05, 0.1) is 12.1 Å². The summed E-state index contributed by atoms with van der Waals surface area (Å²) in [6, 6.07) is -0.0196. The molecule has 1 aliphatic rings. The second kappa shape index (κ2) is 5.77. The SMILES string of the molecule is C#CC(CCC)N1CCC(NCC)C1=O. The molecule has 15 heavy (non-hydrogen) atoms. The second-order valence-electron chi connectivity index (χ2n) is 3.90. The molecule has 1 amide bonds. The van der Waals surface area contributed by atoms with Gasteiger partial charge in [0.25, 0.3) is 0 Å². The van der Waals surface area contributed by atoms with Gasteiger partial charge in [0.15, 0.2) is 0 Å². The van der Waals surface area contributed by atoms with Crippen LogP contribution in [0.2, 0.25) is 0 Å². The first-order valence-corrected chi connectivity index (χ1v) is 5.74. The van der Waals surface area contributed by atoms with Crippen molar-refractivity contribution in [2.45, 2.75) is 45.2 Å². The number of carbonyl (C=O) groups is 1. The molecule has 0 bridgehead atoms. The normalized spacial score (nSPS) is 22.9. The maximum Gasteiger partial charge on any atom is 0.240 e. The van der Waals surface area contributed by atoms with Gasteiger partial charge in [-0.25, -0.2) is 0 Å². The molecule has 0 aromatic rings. The summed E-state index contributed by atoms with van der Waals surface area (Å²) >= 11 is 0. The summed E-state index contributed by atoms with van der Waals surface area (Å²) in [5.41, 5.74) is 0. The summed E-state index contributed by atoms with van der Waals surface area (Å²) in [6.07, 6.45) is 8.26. The van der Waals surface area contributed by atoms with E-state index in [0.717, 1.165) is 32.4 Å². The van der Waals surface area contributed by atoms with Gasteiger partial charge in [0.1, 0.15) is 0 Å². The maximum atomic E-state index is 11.9. The minimum atomic E-state index is -0.0114. The van der Waals surface area contributed by atoms with Crippen LogP contribution in [0.4, 0.5) is 0 Å². The monoisotopic (exact) mass is 208 g/mol. The van der Waals surface area contributed by atoms with Crippen molar-refractivity contribution in [2.24, 2.45) is 0 Å². The van der Waals surface area contributed by atoms with Crippen molar-refractivity contribution in [3.8, 4) is 12.3 Å². The Balaban J connectivity index is 2.58. The summed E-state index contributed by atoms with van der Waals surface area (Å²) in [4.78, 5) is 13.8. The number of nitrogens with one attached hydrogen (secondary N) is 1. The van der Waals surface area contributed by atoms with E-state index in [9.17, 15) is 4.79 Å². The van der Waals surface area contributed by atoms with Gasteiger partial charge >= 0.3 is 0 Å². The number of likely N-dealkylation sites (N-methyl/N-ethyl adjacent to an activating group) is 1. The van der Waals surface area contributed by atoms with Gasteiger partial charge in [0.2, 0.25) is 5.91 Å². The predicted octanol–water partition coefficient (Wildman–Crippen LogP) is 0.999. The van der Waals surface area contributed by atoms with Crippen LogP contribution in [0, 0.1) is 12.3 Å². The minimum absolute atomic E-state index is 0.00819. The van der Waals surface area contributed by atoms with Crippen molar-refractivity contribution in [2.75, 3.05) is 13.1 Å². The van der Waals surface area contributed by atoms with Crippen LogP contribution in [-0.2, 0) is 4.79 Å². The van der Waals surface area contributed by atoms with Gasteiger partial charge in [-0.3, -0.25) is 4.79 Å². The highest BCUT2D eigenvalue weighted by Crippen LogP contribution is 2.17. The van der Waals surface area contributed by atoms with Crippen LogP contribution in [0.15, 0.2) is 0 Å². The molecule has 1 fully saturated rings. The minimum Gasteiger partial charge on any atom is -0.327 e. The summed E-state index contributed by atoms with van der Waals surface area (Å²) < 4.78 is 0. The van der Waals surface area contributed by atoms with Gasteiger partial charge in [-0.15, -0.1) is 6.42 Å². The third-order valence-electron chi connectivity index (χ3n) is 2.82. The number of carbonyl (C=O) groups excluding carboxylic acids is 1. The summed E-state index contributed by atoms with van der Waals surface area (Å²) in [7, 11) is 0.